The molecule has 0 aliphatic rings. The topological polar surface area (TPSA) is 80.7 Å². The molecule has 0 unspecified atom stereocenters. The Morgan fingerprint density at radius 2 is 1.88 bits per heavy atom. The van der Waals surface area contributed by atoms with E-state index in [9.17, 15) is 0 Å². The molecule has 17 heavy (non-hydrogen) atoms. The summed E-state index contributed by atoms with van der Waals surface area (Å²) >= 11 is 0. The Morgan fingerprint density at radius 1 is 1.12 bits per heavy atom. The number of nitrogens with one attached hydrogen (secondary N) is 1. The van der Waals surface area contributed by atoms with Crippen LogP contribution in [-0.2, 0) is 0 Å². The number of imidazole rings is 1. The smallest absolute Gasteiger partial charge is 0.169 e. The van der Waals surface area contributed by atoms with Gasteiger partial charge < -0.3 is 15.2 Å². The van der Waals surface area contributed by atoms with Gasteiger partial charge in [0.15, 0.2) is 11.6 Å². The molecule has 2 aromatic heterocycles. The molecule has 0 bridgehead atoms. The molecule has 3 aromatic rings. The number of benzene rings is 1. The third kappa shape index (κ3) is 1.78. The third-order valence-corrected chi connectivity index (χ3v) is 2.47. The number of nitrogens with two attached hydrogens (primary N) is 1. The molecule has 1 aromatic carbocycles. The van der Waals surface area contributed by atoms with Crippen LogP contribution in [0.3, 0.4) is 0 Å². The van der Waals surface area contributed by atoms with Gasteiger partial charge in [0, 0.05) is 29.6 Å². The first kappa shape index (κ1) is 9.65. The second kappa shape index (κ2) is 3.79. The highest BCUT2D eigenvalue weighted by Crippen LogP contribution is 2.24. The molecule has 0 aliphatic heterocycles. The number of H-pyrrole nitrogens is 1. The number of hydrogen-bond donors (Lipinski definition) is 2. The van der Waals surface area contributed by atoms with Crippen LogP contribution < -0.4 is 5.73 Å². The number of anilines is 1. The summed E-state index contributed by atoms with van der Waals surface area (Å²) < 4.78 is 5.08. The van der Waals surface area contributed by atoms with Crippen LogP contribution in [0.2, 0.25) is 0 Å². The Balaban J connectivity index is 1.95. The average Bonchev–Trinajstić information content (AvgIpc) is 3.00. The van der Waals surface area contributed by atoms with E-state index in [0.717, 1.165) is 17.0 Å². The van der Waals surface area contributed by atoms with Crippen molar-refractivity contribution in [2.45, 2.75) is 0 Å². The first-order chi connectivity index (χ1) is 8.33. The molecule has 0 spiro atoms. The monoisotopic (exact) mass is 226 g/mol. The largest absolute Gasteiger partial charge is 0.381 e. The summed E-state index contributed by atoms with van der Waals surface area (Å²) in [5.74, 6) is 1.89. The molecular weight excluding hydrogens is 216 g/mol. The van der Waals surface area contributed by atoms with Crippen LogP contribution in [0.15, 0.2) is 47.2 Å². The fraction of sp³-hybridized carbons (Fsp3) is 0. The Morgan fingerprint density at radius 3 is 2.47 bits per heavy atom. The number of aromatic amines is 1. The van der Waals surface area contributed by atoms with E-state index in [2.05, 4.69) is 15.1 Å². The average molecular weight is 226 g/mol. The highest BCUT2D eigenvalue weighted by molar-refractivity contribution is 5.65. The zero-order chi connectivity index (χ0) is 11.7. The van der Waals surface area contributed by atoms with Crippen LogP contribution in [0.25, 0.3) is 22.7 Å². The van der Waals surface area contributed by atoms with Gasteiger partial charge in [-0.2, -0.15) is 0 Å². The van der Waals surface area contributed by atoms with Crippen LogP contribution in [0, 0.1) is 0 Å². The molecule has 84 valence electrons. The molecule has 0 aliphatic carbocycles. The van der Waals surface area contributed by atoms with Gasteiger partial charge >= 0.3 is 0 Å². The van der Waals surface area contributed by atoms with Crippen molar-refractivity contribution in [1.29, 1.82) is 0 Å². The van der Waals surface area contributed by atoms with Crippen molar-refractivity contribution < 1.29 is 4.52 Å². The molecule has 0 amide bonds. The Bertz CT molecular complexity index is 610. The number of nitrogens with zero attached hydrogens (tertiary/aromatic N) is 2. The maximum Gasteiger partial charge on any atom is 0.169 e. The summed E-state index contributed by atoms with van der Waals surface area (Å²) in [7, 11) is 0. The summed E-state index contributed by atoms with van der Waals surface area (Å²) in [5.41, 5.74) is 7.46. The fourth-order valence-corrected chi connectivity index (χ4v) is 1.64. The van der Waals surface area contributed by atoms with Crippen molar-refractivity contribution in [2.24, 2.45) is 0 Å². The van der Waals surface area contributed by atoms with Crippen molar-refractivity contribution in [3.05, 3.63) is 42.7 Å². The van der Waals surface area contributed by atoms with Gasteiger partial charge in [0.25, 0.3) is 0 Å². The second-order valence-corrected chi connectivity index (χ2v) is 3.63. The Kier molecular flexibility index (Phi) is 2.15. The zero-order valence-electron chi connectivity index (χ0n) is 8.92. The van der Waals surface area contributed by atoms with E-state index < -0.39 is 0 Å². The normalized spacial score (nSPS) is 10.6. The molecule has 2 heterocycles. The van der Waals surface area contributed by atoms with Crippen LogP contribution in [0.1, 0.15) is 0 Å². The van der Waals surface area contributed by atoms with Gasteiger partial charge in [-0.15, -0.1) is 0 Å². The van der Waals surface area contributed by atoms with Crippen LogP contribution in [-0.4, -0.2) is 15.1 Å². The van der Waals surface area contributed by atoms with Crippen molar-refractivity contribution in [1.82, 2.24) is 15.1 Å². The first-order valence-corrected chi connectivity index (χ1v) is 5.15. The lowest BCUT2D eigenvalue weighted by atomic mass is 10.1. The fourth-order valence-electron chi connectivity index (χ4n) is 1.64. The SMILES string of the molecule is Nc1cc(-c2ccc(-c3ncc[nH]3)cc2)on1. The van der Waals surface area contributed by atoms with E-state index in [4.69, 9.17) is 10.3 Å². The minimum absolute atomic E-state index is 0.384. The zero-order valence-corrected chi connectivity index (χ0v) is 8.92. The number of aromatic nitrogens is 3. The van der Waals surface area contributed by atoms with Gasteiger partial charge in [-0.1, -0.05) is 29.4 Å². The lowest BCUT2D eigenvalue weighted by Crippen LogP contribution is -1.81. The number of rotatable bonds is 2. The van der Waals surface area contributed by atoms with Crippen LogP contribution in [0.5, 0.6) is 0 Å². The molecule has 3 N–H and O–H groups in total. The molecule has 0 saturated heterocycles. The molecule has 3 rings (SSSR count). The number of nitrogen functional groups attached to an aromatic ring is 1. The number of hydrogen-bond acceptors (Lipinski definition) is 4. The highest BCUT2D eigenvalue weighted by atomic mass is 16.5. The molecule has 0 saturated carbocycles. The third-order valence-electron chi connectivity index (χ3n) is 2.47. The summed E-state index contributed by atoms with van der Waals surface area (Å²) in [6.45, 7) is 0. The summed E-state index contributed by atoms with van der Waals surface area (Å²) in [4.78, 5) is 7.23. The van der Waals surface area contributed by atoms with E-state index >= 15 is 0 Å². The van der Waals surface area contributed by atoms with Crippen LogP contribution >= 0.6 is 0 Å². The van der Waals surface area contributed by atoms with Crippen molar-refractivity contribution in [3.63, 3.8) is 0 Å². The summed E-state index contributed by atoms with van der Waals surface area (Å²) in [6.07, 6.45) is 3.51. The molecular formula is C12H10N4O. The Labute approximate surface area is 97.3 Å². The highest BCUT2D eigenvalue weighted by Gasteiger charge is 2.05. The quantitative estimate of drug-likeness (QED) is 0.702. The van der Waals surface area contributed by atoms with Crippen molar-refractivity contribution >= 4 is 5.82 Å². The minimum atomic E-state index is 0.384. The van der Waals surface area contributed by atoms with E-state index in [1.165, 1.54) is 0 Å². The molecule has 0 fully saturated rings. The van der Waals surface area contributed by atoms with Gasteiger partial charge in [0.1, 0.15) is 5.82 Å². The lowest BCUT2D eigenvalue weighted by molar-refractivity contribution is 0.436. The molecule has 5 heteroatoms. The van der Waals surface area contributed by atoms with Gasteiger partial charge in [0.05, 0.1) is 0 Å². The standard InChI is InChI=1S/C12H10N4O/c13-11-7-10(17-16-11)8-1-3-9(4-2-8)12-14-5-6-15-12/h1-7H,(H2,13,16)(H,14,15). The Hall–Kier alpha value is -2.56. The van der Waals surface area contributed by atoms with Crippen molar-refractivity contribution in [2.75, 3.05) is 5.73 Å². The van der Waals surface area contributed by atoms with E-state index in [0.29, 0.717) is 11.6 Å². The van der Waals surface area contributed by atoms with Crippen LogP contribution in [0.4, 0.5) is 5.82 Å². The predicted octanol–water partition coefficient (Wildman–Crippen LogP) is 2.31. The van der Waals surface area contributed by atoms with Gasteiger partial charge in [-0.25, -0.2) is 4.98 Å². The van der Waals surface area contributed by atoms with Crippen molar-refractivity contribution in [3.8, 4) is 22.7 Å². The molecule has 5 nitrogen and oxygen atoms in total. The summed E-state index contributed by atoms with van der Waals surface area (Å²) in [5, 5.41) is 3.65. The predicted molar refractivity (Wildman–Crippen MR) is 63.9 cm³/mol. The second-order valence-electron chi connectivity index (χ2n) is 3.63. The maximum absolute atomic E-state index is 5.50. The van der Waals surface area contributed by atoms with Gasteiger partial charge in [0.2, 0.25) is 0 Å². The van der Waals surface area contributed by atoms with E-state index in [1.54, 1.807) is 18.5 Å². The minimum Gasteiger partial charge on any atom is -0.381 e. The maximum atomic E-state index is 5.50. The summed E-state index contributed by atoms with van der Waals surface area (Å²) in [6, 6.07) is 9.51. The van der Waals surface area contributed by atoms with Gasteiger partial charge in [-0.3, -0.25) is 0 Å². The lowest BCUT2D eigenvalue weighted by Gasteiger charge is -1.98. The van der Waals surface area contributed by atoms with Gasteiger partial charge in [-0.05, 0) is 0 Å². The molecule has 0 atom stereocenters. The molecule has 0 radical (unpaired) electrons. The van der Waals surface area contributed by atoms with E-state index in [1.807, 2.05) is 24.3 Å². The first-order valence-electron chi connectivity index (χ1n) is 5.15. The van der Waals surface area contributed by atoms with E-state index in [-0.39, 0.29) is 0 Å².